The number of benzene rings is 8. The molecule has 0 N–H and O–H groups in total. The van der Waals surface area contributed by atoms with Gasteiger partial charge in [-0.05, 0) is 64.7 Å². The van der Waals surface area contributed by atoms with Crippen LogP contribution in [-0.2, 0) is 0 Å². The second-order valence-electron chi connectivity index (χ2n) is 13.3. The lowest BCUT2D eigenvalue weighted by molar-refractivity contribution is 1.18. The number of rotatable bonds is 4. The summed E-state index contributed by atoms with van der Waals surface area (Å²) in [4.78, 5) is 0. The van der Waals surface area contributed by atoms with Gasteiger partial charge in [-0.1, -0.05) is 140 Å². The fourth-order valence-electron chi connectivity index (χ4n) is 8.26. The Morgan fingerprint density at radius 3 is 1.78 bits per heavy atom. The van der Waals surface area contributed by atoms with Gasteiger partial charge < -0.3 is 9.13 Å². The van der Waals surface area contributed by atoms with Crippen LogP contribution in [0, 0.1) is 0 Å². The van der Waals surface area contributed by atoms with Crippen LogP contribution < -0.4 is 0 Å². The van der Waals surface area contributed by atoms with Crippen molar-refractivity contribution in [1.29, 1.82) is 0 Å². The first-order valence-electron chi connectivity index (χ1n) is 17.4. The normalized spacial score (nSPS) is 11.9. The Hall–Kier alpha value is -6.42. The molecule has 2 nitrogen and oxygen atoms in total. The van der Waals surface area contributed by atoms with E-state index in [1.807, 2.05) is 11.3 Å². The van der Waals surface area contributed by atoms with Gasteiger partial charge in [0.1, 0.15) is 0 Å². The van der Waals surface area contributed by atoms with Gasteiger partial charge in [-0.2, -0.15) is 0 Å². The van der Waals surface area contributed by atoms with Crippen LogP contribution in [0.1, 0.15) is 0 Å². The number of para-hydroxylation sites is 2. The molecule has 0 radical (unpaired) electrons. The average Bonchev–Trinajstić information content (AvgIpc) is 3.86. The molecule has 51 heavy (non-hydrogen) atoms. The lowest BCUT2D eigenvalue weighted by Gasteiger charge is -2.12. The molecule has 0 saturated heterocycles. The minimum Gasteiger partial charge on any atom is -0.309 e. The zero-order valence-electron chi connectivity index (χ0n) is 27.6. The van der Waals surface area contributed by atoms with Crippen LogP contribution in [0.5, 0.6) is 0 Å². The molecule has 8 aromatic carbocycles. The molecule has 0 aliphatic heterocycles. The monoisotopic (exact) mass is 666 g/mol. The number of hydrogen-bond acceptors (Lipinski definition) is 1. The molecule has 3 aromatic heterocycles. The van der Waals surface area contributed by atoms with Gasteiger partial charge >= 0.3 is 0 Å². The zero-order chi connectivity index (χ0) is 33.5. The SMILES string of the molecule is c1ccc(-c2ccc(-c3cccc(-n4c5ccccc5c5c4ccc4c6ccccc6n(-c6cccc7c6sc6ccccc67)c45)c3)cc2)cc1. The molecular formula is C48H30N2S. The highest BCUT2D eigenvalue weighted by atomic mass is 32.1. The van der Waals surface area contributed by atoms with Crippen molar-refractivity contribution in [1.82, 2.24) is 9.13 Å². The van der Waals surface area contributed by atoms with Crippen LogP contribution in [0.4, 0.5) is 0 Å². The standard InChI is InChI=1S/C48H30N2S/c1-2-12-31(13-3-1)32-24-26-33(27-25-32)34-14-10-15-35(30-34)49-42-21-8-5-18-40(42)46-43(49)29-28-38-36-16-4-7-20-41(36)50(47(38)46)44-22-11-19-39-37-17-6-9-23-45(37)51-48(39)44/h1-30H. The maximum Gasteiger partial charge on any atom is 0.0641 e. The summed E-state index contributed by atoms with van der Waals surface area (Å²) >= 11 is 1.89. The quantitative estimate of drug-likeness (QED) is 0.177. The summed E-state index contributed by atoms with van der Waals surface area (Å²) in [7, 11) is 0. The van der Waals surface area contributed by atoms with Crippen molar-refractivity contribution in [2.75, 3.05) is 0 Å². The van der Waals surface area contributed by atoms with Crippen molar-refractivity contribution in [2.45, 2.75) is 0 Å². The highest BCUT2D eigenvalue weighted by molar-refractivity contribution is 7.26. The van der Waals surface area contributed by atoms with Gasteiger partial charge in [0.2, 0.25) is 0 Å². The number of hydrogen-bond donors (Lipinski definition) is 0. The second-order valence-corrected chi connectivity index (χ2v) is 14.4. The molecule has 11 rings (SSSR count). The zero-order valence-corrected chi connectivity index (χ0v) is 28.4. The van der Waals surface area contributed by atoms with E-state index >= 15 is 0 Å². The molecule has 0 spiro atoms. The van der Waals surface area contributed by atoms with E-state index < -0.39 is 0 Å². The molecule has 3 heteroatoms. The van der Waals surface area contributed by atoms with Gasteiger partial charge in [-0.3, -0.25) is 0 Å². The maximum absolute atomic E-state index is 2.53. The molecule has 3 heterocycles. The van der Waals surface area contributed by atoms with E-state index in [1.54, 1.807) is 0 Å². The van der Waals surface area contributed by atoms with E-state index in [1.165, 1.54) is 91.7 Å². The van der Waals surface area contributed by atoms with E-state index in [2.05, 4.69) is 191 Å². The van der Waals surface area contributed by atoms with Crippen LogP contribution in [0.15, 0.2) is 182 Å². The van der Waals surface area contributed by atoms with Crippen LogP contribution in [0.25, 0.3) is 97.4 Å². The summed E-state index contributed by atoms with van der Waals surface area (Å²) in [6.45, 7) is 0. The Morgan fingerprint density at radius 2 is 0.961 bits per heavy atom. The summed E-state index contributed by atoms with van der Waals surface area (Å²) in [6.07, 6.45) is 0. The Morgan fingerprint density at radius 1 is 0.353 bits per heavy atom. The van der Waals surface area contributed by atoms with Crippen molar-refractivity contribution in [3.8, 4) is 33.6 Å². The van der Waals surface area contributed by atoms with Gasteiger partial charge in [-0.25, -0.2) is 0 Å². The summed E-state index contributed by atoms with van der Waals surface area (Å²) in [5, 5.41) is 7.69. The first kappa shape index (κ1) is 28.4. The fraction of sp³-hybridized carbons (Fsp3) is 0. The van der Waals surface area contributed by atoms with Crippen molar-refractivity contribution >= 4 is 75.1 Å². The van der Waals surface area contributed by atoms with Gasteiger partial charge in [0.15, 0.2) is 0 Å². The summed E-state index contributed by atoms with van der Waals surface area (Å²) in [6, 6.07) is 66.5. The molecule has 11 aromatic rings. The Bertz CT molecular complexity index is 3120. The molecule has 238 valence electrons. The maximum atomic E-state index is 2.53. The van der Waals surface area contributed by atoms with Crippen molar-refractivity contribution in [3.05, 3.63) is 182 Å². The molecule has 0 aliphatic rings. The first-order chi connectivity index (χ1) is 25.3. The predicted octanol–water partition coefficient (Wildman–Crippen LogP) is 13.6. The van der Waals surface area contributed by atoms with Gasteiger partial charge in [0, 0.05) is 42.7 Å². The summed E-state index contributed by atoms with van der Waals surface area (Å²) in [5.74, 6) is 0. The minimum atomic E-state index is 1.15. The average molecular weight is 667 g/mol. The summed E-state index contributed by atoms with van der Waals surface area (Å²) < 4.78 is 7.62. The number of nitrogens with zero attached hydrogens (tertiary/aromatic N) is 2. The topological polar surface area (TPSA) is 9.86 Å². The fourth-order valence-corrected chi connectivity index (χ4v) is 9.46. The lowest BCUT2D eigenvalue weighted by Crippen LogP contribution is -1.96. The Kier molecular flexibility index (Phi) is 6.16. The smallest absolute Gasteiger partial charge is 0.0641 e. The van der Waals surface area contributed by atoms with Crippen LogP contribution in [0.2, 0.25) is 0 Å². The molecule has 0 fully saturated rings. The molecule has 0 atom stereocenters. The molecule has 0 aliphatic carbocycles. The molecule has 0 saturated carbocycles. The van der Waals surface area contributed by atoms with Crippen LogP contribution in [-0.4, -0.2) is 9.13 Å². The Balaban J connectivity index is 1.18. The van der Waals surface area contributed by atoms with E-state index in [-0.39, 0.29) is 0 Å². The van der Waals surface area contributed by atoms with Gasteiger partial charge in [-0.15, -0.1) is 11.3 Å². The van der Waals surface area contributed by atoms with Gasteiger partial charge in [0.25, 0.3) is 0 Å². The van der Waals surface area contributed by atoms with Crippen molar-refractivity contribution in [3.63, 3.8) is 0 Å². The predicted molar refractivity (Wildman–Crippen MR) is 219 cm³/mol. The third kappa shape index (κ3) is 4.22. The number of fused-ring (bicyclic) bond motifs is 10. The van der Waals surface area contributed by atoms with Crippen molar-refractivity contribution < 1.29 is 0 Å². The highest BCUT2D eigenvalue weighted by Gasteiger charge is 2.22. The third-order valence-corrected chi connectivity index (χ3v) is 11.7. The number of thiophene rings is 1. The molecule has 0 amide bonds. The van der Waals surface area contributed by atoms with Gasteiger partial charge in [0.05, 0.1) is 32.5 Å². The first-order valence-corrected chi connectivity index (χ1v) is 18.3. The summed E-state index contributed by atoms with van der Waals surface area (Å²) in [5.41, 5.74) is 12.1. The van der Waals surface area contributed by atoms with E-state index in [9.17, 15) is 0 Å². The number of aromatic nitrogens is 2. The Labute approximate surface area is 298 Å². The van der Waals surface area contributed by atoms with E-state index in [4.69, 9.17) is 0 Å². The molecular weight excluding hydrogens is 637 g/mol. The second kappa shape index (κ2) is 11.0. The largest absolute Gasteiger partial charge is 0.309 e. The van der Waals surface area contributed by atoms with Crippen LogP contribution >= 0.6 is 11.3 Å². The minimum absolute atomic E-state index is 1.15. The molecule has 0 unspecified atom stereocenters. The highest BCUT2D eigenvalue weighted by Crippen LogP contribution is 2.45. The molecule has 0 bridgehead atoms. The lowest BCUT2D eigenvalue weighted by atomic mass is 10.00. The van der Waals surface area contributed by atoms with E-state index in [0.717, 1.165) is 5.69 Å². The van der Waals surface area contributed by atoms with Crippen molar-refractivity contribution in [2.24, 2.45) is 0 Å². The van der Waals surface area contributed by atoms with E-state index in [0.29, 0.717) is 0 Å². The third-order valence-electron chi connectivity index (χ3n) is 10.5. The van der Waals surface area contributed by atoms with Crippen LogP contribution in [0.3, 0.4) is 0 Å².